The Labute approximate surface area is 124 Å². The van der Waals surface area contributed by atoms with Crippen LogP contribution in [0.15, 0.2) is 36.4 Å². The Bertz CT molecular complexity index is 610. The lowest BCUT2D eigenvalue weighted by atomic mass is 9.85. The lowest BCUT2D eigenvalue weighted by molar-refractivity contribution is -0.274. The summed E-state index contributed by atoms with van der Waals surface area (Å²) in [5.41, 5.74) is 0.263. The van der Waals surface area contributed by atoms with Crippen molar-refractivity contribution in [3.63, 3.8) is 0 Å². The van der Waals surface area contributed by atoms with Gasteiger partial charge in [0.15, 0.2) is 0 Å². The minimum Gasteiger partial charge on any atom is -0.406 e. The zero-order valence-electron chi connectivity index (χ0n) is 11.3. The summed E-state index contributed by atoms with van der Waals surface area (Å²) < 4.78 is 40.1. The van der Waals surface area contributed by atoms with E-state index in [1.807, 2.05) is 12.2 Å². The Balaban J connectivity index is 1.82. The predicted octanol–water partition coefficient (Wildman–Crippen LogP) is 3.04. The molecule has 4 nitrogen and oxygen atoms in total. The van der Waals surface area contributed by atoms with E-state index in [0.717, 1.165) is 17.0 Å². The second kappa shape index (κ2) is 5.15. The number of ether oxygens (including phenoxy) is 1. The number of imide groups is 1. The van der Waals surface area contributed by atoms with Crippen molar-refractivity contribution in [1.82, 2.24) is 0 Å². The number of rotatable bonds is 2. The first-order valence-corrected chi connectivity index (χ1v) is 6.75. The predicted molar refractivity (Wildman–Crippen MR) is 71.0 cm³/mol. The molecule has 1 aromatic rings. The van der Waals surface area contributed by atoms with Crippen molar-refractivity contribution < 1.29 is 27.5 Å². The van der Waals surface area contributed by atoms with E-state index in [9.17, 15) is 22.8 Å². The molecule has 1 fully saturated rings. The number of allylic oxidation sites excluding steroid dienone is 2. The van der Waals surface area contributed by atoms with E-state index in [1.165, 1.54) is 12.1 Å². The Hall–Kier alpha value is -2.31. The van der Waals surface area contributed by atoms with Gasteiger partial charge in [-0.2, -0.15) is 0 Å². The summed E-state index contributed by atoms with van der Waals surface area (Å²) in [6, 6.07) is 4.73. The van der Waals surface area contributed by atoms with E-state index in [0.29, 0.717) is 12.8 Å². The number of carbonyl (C=O) groups is 2. The largest absolute Gasteiger partial charge is 0.573 e. The molecule has 2 atom stereocenters. The summed E-state index contributed by atoms with van der Waals surface area (Å²) in [5, 5.41) is 0. The van der Waals surface area contributed by atoms with E-state index in [4.69, 9.17) is 0 Å². The van der Waals surface area contributed by atoms with Crippen molar-refractivity contribution in [2.24, 2.45) is 11.8 Å². The maximum absolute atomic E-state index is 12.3. The van der Waals surface area contributed by atoms with Crippen LogP contribution in [0.4, 0.5) is 18.9 Å². The standard InChI is InChI=1S/C15H12F3NO3/c16-15(17,18)22-10-7-5-9(6-8-10)19-13(20)11-3-1-2-4-12(11)14(19)21/h1-2,5-8,11-12H,3-4H2/t11-,12-/m1/s1. The number of nitrogens with zero attached hydrogens (tertiary/aromatic N) is 1. The molecule has 1 aliphatic carbocycles. The molecule has 1 aliphatic heterocycles. The van der Waals surface area contributed by atoms with E-state index >= 15 is 0 Å². The Morgan fingerprint density at radius 2 is 1.45 bits per heavy atom. The molecule has 2 amide bonds. The Morgan fingerprint density at radius 3 is 1.91 bits per heavy atom. The van der Waals surface area contributed by atoms with Crippen LogP contribution in [0.5, 0.6) is 5.75 Å². The molecule has 0 aromatic heterocycles. The van der Waals surface area contributed by atoms with Gasteiger partial charge in [0.1, 0.15) is 5.75 Å². The number of anilines is 1. The van der Waals surface area contributed by atoms with Crippen LogP contribution in [0.25, 0.3) is 0 Å². The zero-order chi connectivity index (χ0) is 15.9. The van der Waals surface area contributed by atoms with Crippen LogP contribution in [0.3, 0.4) is 0 Å². The highest BCUT2D eigenvalue weighted by Crippen LogP contribution is 2.38. The first-order valence-electron chi connectivity index (χ1n) is 6.75. The summed E-state index contributed by atoms with van der Waals surface area (Å²) in [6.07, 6.45) is -0.00430. The van der Waals surface area contributed by atoms with Crippen molar-refractivity contribution >= 4 is 17.5 Å². The molecule has 0 unspecified atom stereocenters. The van der Waals surface area contributed by atoms with E-state index in [-0.39, 0.29) is 29.3 Å². The SMILES string of the molecule is O=C1[C@@H]2CC=CC[C@H]2C(=O)N1c1ccc(OC(F)(F)F)cc1. The Morgan fingerprint density at radius 1 is 0.955 bits per heavy atom. The van der Waals surface area contributed by atoms with Gasteiger partial charge in [0.25, 0.3) is 0 Å². The monoisotopic (exact) mass is 311 g/mol. The highest BCUT2D eigenvalue weighted by Gasteiger charge is 2.47. The highest BCUT2D eigenvalue weighted by atomic mass is 19.4. The van der Waals surface area contributed by atoms with Gasteiger partial charge in [-0.25, -0.2) is 0 Å². The van der Waals surface area contributed by atoms with Gasteiger partial charge in [-0.1, -0.05) is 12.2 Å². The lowest BCUT2D eigenvalue weighted by Gasteiger charge is -2.15. The van der Waals surface area contributed by atoms with Crippen LogP contribution in [0, 0.1) is 11.8 Å². The maximum Gasteiger partial charge on any atom is 0.573 e. The van der Waals surface area contributed by atoms with Gasteiger partial charge in [0.05, 0.1) is 17.5 Å². The summed E-state index contributed by atoms with van der Waals surface area (Å²) >= 11 is 0. The number of benzene rings is 1. The quantitative estimate of drug-likeness (QED) is 0.623. The number of hydrogen-bond donors (Lipinski definition) is 0. The van der Waals surface area contributed by atoms with Crippen LogP contribution < -0.4 is 9.64 Å². The fourth-order valence-corrected chi connectivity index (χ4v) is 2.85. The van der Waals surface area contributed by atoms with Crippen LogP contribution in [-0.2, 0) is 9.59 Å². The van der Waals surface area contributed by atoms with E-state index in [1.54, 1.807) is 0 Å². The van der Waals surface area contributed by atoms with Gasteiger partial charge in [0, 0.05) is 0 Å². The lowest BCUT2D eigenvalue weighted by Crippen LogP contribution is -2.30. The average Bonchev–Trinajstić information content (AvgIpc) is 2.71. The van der Waals surface area contributed by atoms with Gasteiger partial charge in [-0.05, 0) is 37.1 Å². The molecule has 22 heavy (non-hydrogen) atoms. The minimum atomic E-state index is -4.78. The number of hydrogen-bond acceptors (Lipinski definition) is 3. The summed E-state index contributed by atoms with van der Waals surface area (Å²) in [7, 11) is 0. The zero-order valence-corrected chi connectivity index (χ0v) is 11.3. The minimum absolute atomic E-state index is 0.263. The fourth-order valence-electron chi connectivity index (χ4n) is 2.85. The second-order valence-corrected chi connectivity index (χ2v) is 5.21. The molecule has 0 N–H and O–H groups in total. The molecule has 0 bridgehead atoms. The van der Waals surface area contributed by atoms with Gasteiger partial charge in [0.2, 0.25) is 11.8 Å². The first-order chi connectivity index (χ1) is 10.4. The highest BCUT2D eigenvalue weighted by molar-refractivity contribution is 6.22. The van der Waals surface area contributed by atoms with Crippen molar-refractivity contribution in [2.45, 2.75) is 19.2 Å². The van der Waals surface area contributed by atoms with Gasteiger partial charge in [-0.15, -0.1) is 13.2 Å². The third-order valence-electron chi connectivity index (χ3n) is 3.84. The Kier molecular flexibility index (Phi) is 3.42. The molecule has 0 radical (unpaired) electrons. The van der Waals surface area contributed by atoms with E-state index < -0.39 is 12.1 Å². The van der Waals surface area contributed by atoms with Crippen molar-refractivity contribution in [1.29, 1.82) is 0 Å². The van der Waals surface area contributed by atoms with Crippen LogP contribution in [0.2, 0.25) is 0 Å². The van der Waals surface area contributed by atoms with Crippen molar-refractivity contribution in [3.8, 4) is 5.75 Å². The molecule has 2 aliphatic rings. The van der Waals surface area contributed by atoms with Crippen molar-refractivity contribution in [3.05, 3.63) is 36.4 Å². The third-order valence-corrected chi connectivity index (χ3v) is 3.84. The number of carbonyl (C=O) groups excluding carboxylic acids is 2. The first kappa shape index (κ1) is 14.6. The molecule has 1 saturated heterocycles. The molecule has 0 saturated carbocycles. The molecule has 1 aromatic carbocycles. The summed E-state index contributed by atoms with van der Waals surface area (Å²) in [5.74, 6) is -1.74. The number of halogens is 3. The molecular formula is C15H12F3NO3. The third kappa shape index (κ3) is 2.58. The van der Waals surface area contributed by atoms with E-state index in [2.05, 4.69) is 4.74 Å². The smallest absolute Gasteiger partial charge is 0.406 e. The number of alkyl halides is 3. The summed E-state index contributed by atoms with van der Waals surface area (Å²) in [6.45, 7) is 0. The van der Waals surface area contributed by atoms with Crippen LogP contribution >= 0.6 is 0 Å². The molecule has 7 heteroatoms. The average molecular weight is 311 g/mol. The summed E-state index contributed by atoms with van der Waals surface area (Å²) in [4.78, 5) is 25.7. The van der Waals surface area contributed by atoms with Gasteiger partial charge >= 0.3 is 6.36 Å². The molecular weight excluding hydrogens is 299 g/mol. The molecule has 0 spiro atoms. The fraction of sp³-hybridized carbons (Fsp3) is 0.333. The number of fused-ring (bicyclic) bond motifs is 1. The van der Waals surface area contributed by atoms with Gasteiger partial charge < -0.3 is 4.74 Å². The topological polar surface area (TPSA) is 46.6 Å². The van der Waals surface area contributed by atoms with Gasteiger partial charge in [-0.3, -0.25) is 14.5 Å². The van der Waals surface area contributed by atoms with Crippen LogP contribution in [-0.4, -0.2) is 18.2 Å². The van der Waals surface area contributed by atoms with Crippen molar-refractivity contribution in [2.75, 3.05) is 4.90 Å². The maximum atomic E-state index is 12.3. The molecule has 1 heterocycles. The number of amides is 2. The normalized spacial score (nSPS) is 24.6. The second-order valence-electron chi connectivity index (χ2n) is 5.21. The van der Waals surface area contributed by atoms with Crippen LogP contribution in [0.1, 0.15) is 12.8 Å². The molecule has 116 valence electrons. The molecule has 3 rings (SSSR count).